The molecular weight excluding hydrogens is 314 g/mol. The number of benzene rings is 2. The van der Waals surface area contributed by atoms with E-state index in [2.05, 4.69) is 25.9 Å². The van der Waals surface area contributed by atoms with Gasteiger partial charge in [-0.1, -0.05) is 18.2 Å². The van der Waals surface area contributed by atoms with Gasteiger partial charge in [-0.3, -0.25) is 4.79 Å². The number of aromatic nitrogens is 2. The van der Waals surface area contributed by atoms with Crippen LogP contribution in [0.1, 0.15) is 12.7 Å². The highest BCUT2D eigenvalue weighted by Gasteiger charge is 2.04. The zero-order chi connectivity index (χ0) is 17.6. The number of nitrogens with zero attached hydrogens (tertiary/aromatic N) is 2. The highest BCUT2D eigenvalue weighted by Crippen LogP contribution is 2.21. The normalized spacial score (nSPS) is 10.2. The summed E-state index contributed by atoms with van der Waals surface area (Å²) < 4.78 is 0. The van der Waals surface area contributed by atoms with Crippen LogP contribution in [-0.4, -0.2) is 15.9 Å². The Bertz CT molecular complexity index is 863. The van der Waals surface area contributed by atoms with Gasteiger partial charge in [0.25, 0.3) is 0 Å². The monoisotopic (exact) mass is 333 g/mol. The van der Waals surface area contributed by atoms with Crippen LogP contribution in [-0.2, 0) is 4.79 Å². The molecule has 0 bridgehead atoms. The molecule has 3 rings (SSSR count). The van der Waals surface area contributed by atoms with Gasteiger partial charge in [0.15, 0.2) is 0 Å². The lowest BCUT2D eigenvalue weighted by Crippen LogP contribution is -2.05. The van der Waals surface area contributed by atoms with E-state index in [1.54, 1.807) is 0 Å². The number of amides is 1. The second-order valence-electron chi connectivity index (χ2n) is 5.56. The van der Waals surface area contributed by atoms with Crippen LogP contribution in [0.15, 0.2) is 60.7 Å². The Morgan fingerprint density at radius 1 is 0.800 bits per heavy atom. The van der Waals surface area contributed by atoms with Crippen molar-refractivity contribution in [1.29, 1.82) is 0 Å². The lowest BCUT2D eigenvalue weighted by Gasteiger charge is -2.11. The average molecular weight is 333 g/mol. The van der Waals surface area contributed by atoms with Gasteiger partial charge >= 0.3 is 0 Å². The average Bonchev–Trinajstić information content (AvgIpc) is 2.56. The van der Waals surface area contributed by atoms with Crippen LogP contribution in [0.5, 0.6) is 0 Å². The summed E-state index contributed by atoms with van der Waals surface area (Å²) in [4.78, 5) is 19.9. The first-order valence-electron chi connectivity index (χ1n) is 7.91. The molecular formula is C19H19N5O. The van der Waals surface area contributed by atoms with Crippen molar-refractivity contribution in [2.45, 2.75) is 13.8 Å². The number of anilines is 5. The second kappa shape index (κ2) is 7.44. The molecule has 0 aliphatic heterocycles. The molecule has 0 spiro atoms. The summed E-state index contributed by atoms with van der Waals surface area (Å²) in [5, 5.41) is 9.25. The van der Waals surface area contributed by atoms with Crippen molar-refractivity contribution in [2.24, 2.45) is 0 Å². The number of nitrogens with one attached hydrogen (secondary N) is 3. The van der Waals surface area contributed by atoms with E-state index in [1.165, 1.54) is 6.92 Å². The topological polar surface area (TPSA) is 78.9 Å². The maximum absolute atomic E-state index is 11.1. The van der Waals surface area contributed by atoms with Crippen LogP contribution in [0.25, 0.3) is 0 Å². The predicted molar refractivity (Wildman–Crippen MR) is 101 cm³/mol. The quantitative estimate of drug-likeness (QED) is 0.651. The number of hydrogen-bond donors (Lipinski definition) is 3. The van der Waals surface area contributed by atoms with E-state index in [-0.39, 0.29) is 5.91 Å². The zero-order valence-electron chi connectivity index (χ0n) is 14.1. The molecule has 1 heterocycles. The van der Waals surface area contributed by atoms with Gasteiger partial charge in [-0.05, 0) is 43.3 Å². The van der Waals surface area contributed by atoms with Gasteiger partial charge in [-0.25, -0.2) is 9.97 Å². The third-order valence-corrected chi connectivity index (χ3v) is 3.36. The summed E-state index contributed by atoms with van der Waals surface area (Å²) in [6.45, 7) is 3.33. The molecule has 6 nitrogen and oxygen atoms in total. The number of hydrogen-bond acceptors (Lipinski definition) is 5. The first-order valence-corrected chi connectivity index (χ1v) is 7.91. The van der Waals surface area contributed by atoms with Gasteiger partial charge in [-0.2, -0.15) is 0 Å². The first-order chi connectivity index (χ1) is 12.1. The molecule has 0 aliphatic carbocycles. The van der Waals surface area contributed by atoms with Crippen LogP contribution < -0.4 is 16.0 Å². The minimum Gasteiger partial charge on any atom is -0.340 e. The summed E-state index contributed by atoms with van der Waals surface area (Å²) in [5.74, 6) is 1.98. The Kier molecular flexibility index (Phi) is 4.89. The molecule has 1 amide bonds. The van der Waals surface area contributed by atoms with Crippen molar-refractivity contribution in [3.05, 3.63) is 66.5 Å². The summed E-state index contributed by atoms with van der Waals surface area (Å²) in [7, 11) is 0. The number of aryl methyl sites for hydroxylation is 1. The molecule has 3 N–H and O–H groups in total. The van der Waals surface area contributed by atoms with Gasteiger partial charge in [0, 0.05) is 30.1 Å². The van der Waals surface area contributed by atoms with Crippen molar-refractivity contribution in [3.63, 3.8) is 0 Å². The lowest BCUT2D eigenvalue weighted by molar-refractivity contribution is -0.114. The molecule has 3 aromatic rings. The van der Waals surface area contributed by atoms with E-state index in [9.17, 15) is 4.79 Å². The van der Waals surface area contributed by atoms with Gasteiger partial charge in [-0.15, -0.1) is 0 Å². The SMILES string of the molecule is CC(=O)Nc1ccc(Nc2cc(Nc3ccccc3)nc(C)n2)cc1. The molecule has 2 aromatic carbocycles. The van der Waals surface area contributed by atoms with Crippen molar-refractivity contribution >= 4 is 34.6 Å². The van der Waals surface area contributed by atoms with E-state index in [0.717, 1.165) is 22.9 Å². The van der Waals surface area contributed by atoms with Gasteiger partial charge in [0.1, 0.15) is 17.5 Å². The predicted octanol–water partition coefficient (Wildman–Crippen LogP) is 4.23. The van der Waals surface area contributed by atoms with Gasteiger partial charge in [0.2, 0.25) is 5.91 Å². The lowest BCUT2D eigenvalue weighted by atomic mass is 10.2. The van der Waals surface area contributed by atoms with Crippen LogP contribution >= 0.6 is 0 Å². The molecule has 0 unspecified atom stereocenters. The fourth-order valence-electron chi connectivity index (χ4n) is 2.35. The third kappa shape index (κ3) is 4.78. The fraction of sp³-hybridized carbons (Fsp3) is 0.105. The molecule has 0 aliphatic rings. The molecule has 0 saturated heterocycles. The van der Waals surface area contributed by atoms with E-state index in [4.69, 9.17) is 0 Å². The van der Waals surface area contributed by atoms with E-state index in [1.807, 2.05) is 67.6 Å². The molecule has 25 heavy (non-hydrogen) atoms. The molecule has 0 atom stereocenters. The van der Waals surface area contributed by atoms with Crippen LogP contribution in [0.4, 0.5) is 28.7 Å². The van der Waals surface area contributed by atoms with Crippen molar-refractivity contribution in [1.82, 2.24) is 9.97 Å². The van der Waals surface area contributed by atoms with Crippen molar-refractivity contribution in [3.8, 4) is 0 Å². The maximum atomic E-state index is 11.1. The van der Waals surface area contributed by atoms with Gasteiger partial charge in [0.05, 0.1) is 0 Å². The van der Waals surface area contributed by atoms with Crippen molar-refractivity contribution < 1.29 is 4.79 Å². The number of carbonyl (C=O) groups is 1. The standard InChI is InChI=1S/C19H19N5O/c1-13-20-18(23-15-6-4-3-5-7-15)12-19(21-13)24-17-10-8-16(9-11-17)22-14(2)25/h3-12H,1-2H3,(H,22,25)(H2,20,21,23,24). The van der Waals surface area contributed by atoms with Gasteiger partial charge < -0.3 is 16.0 Å². The minimum atomic E-state index is -0.0937. The molecule has 126 valence electrons. The molecule has 0 saturated carbocycles. The smallest absolute Gasteiger partial charge is 0.221 e. The third-order valence-electron chi connectivity index (χ3n) is 3.36. The Morgan fingerprint density at radius 2 is 1.32 bits per heavy atom. The second-order valence-corrected chi connectivity index (χ2v) is 5.56. The number of rotatable bonds is 5. The van der Waals surface area contributed by atoms with E-state index in [0.29, 0.717) is 11.6 Å². The molecule has 0 fully saturated rings. The maximum Gasteiger partial charge on any atom is 0.221 e. The molecule has 6 heteroatoms. The Balaban J connectivity index is 1.75. The van der Waals surface area contributed by atoms with Crippen LogP contribution in [0, 0.1) is 6.92 Å². The summed E-state index contributed by atoms with van der Waals surface area (Å²) >= 11 is 0. The number of para-hydroxylation sites is 1. The molecule has 1 aromatic heterocycles. The Morgan fingerprint density at radius 3 is 1.88 bits per heavy atom. The fourth-order valence-corrected chi connectivity index (χ4v) is 2.35. The van der Waals surface area contributed by atoms with Crippen LogP contribution in [0.3, 0.4) is 0 Å². The zero-order valence-corrected chi connectivity index (χ0v) is 14.1. The van der Waals surface area contributed by atoms with Crippen molar-refractivity contribution in [2.75, 3.05) is 16.0 Å². The summed E-state index contributed by atoms with van der Waals surface area (Å²) in [6.07, 6.45) is 0. The Labute approximate surface area is 146 Å². The largest absolute Gasteiger partial charge is 0.340 e. The highest BCUT2D eigenvalue weighted by atomic mass is 16.1. The summed E-state index contributed by atoms with van der Waals surface area (Å²) in [6, 6.07) is 19.1. The van der Waals surface area contributed by atoms with E-state index < -0.39 is 0 Å². The highest BCUT2D eigenvalue weighted by molar-refractivity contribution is 5.88. The first kappa shape index (κ1) is 16.4. The number of carbonyl (C=O) groups excluding carboxylic acids is 1. The molecule has 0 radical (unpaired) electrons. The minimum absolute atomic E-state index is 0.0937. The van der Waals surface area contributed by atoms with Crippen LogP contribution in [0.2, 0.25) is 0 Å². The van der Waals surface area contributed by atoms with E-state index >= 15 is 0 Å². The summed E-state index contributed by atoms with van der Waals surface area (Å²) in [5.41, 5.74) is 2.59. The Hall–Kier alpha value is -3.41.